The van der Waals surface area contributed by atoms with Gasteiger partial charge in [0.25, 0.3) is 0 Å². The molecule has 0 aliphatic carbocycles. The molecule has 1 saturated heterocycles. The molecule has 0 aromatic heterocycles. The second-order valence-corrected chi connectivity index (χ2v) is 7.73. The van der Waals surface area contributed by atoms with Gasteiger partial charge in [0.2, 0.25) is 5.91 Å². The molecule has 0 N–H and O–H groups in total. The van der Waals surface area contributed by atoms with Crippen LogP contribution in [0.5, 0.6) is 0 Å². The van der Waals surface area contributed by atoms with Crippen LogP contribution < -0.4 is 0 Å². The molecule has 0 bridgehead atoms. The maximum absolute atomic E-state index is 12.7. The van der Waals surface area contributed by atoms with E-state index in [0.717, 1.165) is 31.3 Å². The average Bonchev–Trinajstić information content (AvgIpc) is 2.91. The first kappa shape index (κ1) is 14.5. The van der Waals surface area contributed by atoms with E-state index in [0.29, 0.717) is 11.8 Å². The Bertz CT molecular complexity index is 466. The lowest BCUT2D eigenvalue weighted by molar-refractivity contribution is -0.132. The number of carbonyl (C=O) groups excluding carboxylic acids is 1. The second kappa shape index (κ2) is 6.52. The van der Waals surface area contributed by atoms with E-state index >= 15 is 0 Å². The Morgan fingerprint density at radius 2 is 2.25 bits per heavy atom. The third-order valence-corrected chi connectivity index (χ3v) is 6.03. The molecule has 108 valence electrons. The summed E-state index contributed by atoms with van der Waals surface area (Å²) in [5.74, 6) is 1.03. The van der Waals surface area contributed by atoms with Crippen molar-refractivity contribution >= 4 is 33.6 Å². The normalized spacial score (nSPS) is 25.6. The molecule has 1 aromatic rings. The lowest BCUT2D eigenvalue weighted by Crippen LogP contribution is -2.44. The number of hydrogen-bond acceptors (Lipinski definition) is 2. The number of alkyl halides is 1. The number of carbonyl (C=O) groups is 1. The van der Waals surface area contributed by atoms with Crippen LogP contribution >= 0.6 is 27.7 Å². The predicted octanol–water partition coefficient (Wildman–Crippen LogP) is 3.73. The number of halogens is 1. The van der Waals surface area contributed by atoms with Crippen LogP contribution in [0.15, 0.2) is 29.2 Å². The number of nitrogens with zero attached hydrogens (tertiary/aromatic N) is 1. The average molecular weight is 354 g/mol. The van der Waals surface area contributed by atoms with Crippen molar-refractivity contribution in [3.05, 3.63) is 29.8 Å². The van der Waals surface area contributed by atoms with E-state index < -0.39 is 0 Å². The molecule has 0 radical (unpaired) electrons. The molecular formula is C16H20BrNOS. The molecule has 2 unspecified atom stereocenters. The molecule has 20 heavy (non-hydrogen) atoms. The van der Waals surface area contributed by atoms with Crippen LogP contribution in [0, 0.1) is 5.92 Å². The fourth-order valence-electron chi connectivity index (χ4n) is 3.18. The Kier molecular flexibility index (Phi) is 4.72. The van der Waals surface area contributed by atoms with Gasteiger partial charge in [-0.2, -0.15) is 0 Å². The molecule has 1 fully saturated rings. The summed E-state index contributed by atoms with van der Waals surface area (Å²) < 4.78 is 0. The number of piperidine rings is 1. The highest BCUT2D eigenvalue weighted by molar-refractivity contribution is 9.09. The van der Waals surface area contributed by atoms with E-state index in [1.807, 2.05) is 0 Å². The maximum atomic E-state index is 12.7. The van der Waals surface area contributed by atoms with Gasteiger partial charge in [-0.25, -0.2) is 0 Å². The van der Waals surface area contributed by atoms with Crippen LogP contribution in [-0.2, 0) is 11.2 Å². The zero-order valence-corrected chi connectivity index (χ0v) is 14.0. The van der Waals surface area contributed by atoms with Gasteiger partial charge in [-0.05, 0) is 43.2 Å². The van der Waals surface area contributed by atoms with Crippen LogP contribution in [0.4, 0.5) is 0 Å². The van der Waals surface area contributed by atoms with Crippen molar-refractivity contribution in [2.24, 2.45) is 5.92 Å². The van der Waals surface area contributed by atoms with Crippen molar-refractivity contribution in [2.45, 2.75) is 35.8 Å². The Morgan fingerprint density at radius 1 is 1.40 bits per heavy atom. The number of hydrogen-bond donors (Lipinski definition) is 0. The minimum Gasteiger partial charge on any atom is -0.341 e. The molecule has 0 spiro atoms. The van der Waals surface area contributed by atoms with Crippen LogP contribution in [0.3, 0.4) is 0 Å². The molecule has 3 rings (SSSR count). The van der Waals surface area contributed by atoms with Crippen LogP contribution in [0.2, 0.25) is 0 Å². The molecule has 2 nitrogen and oxygen atoms in total. The number of likely N-dealkylation sites (tertiary alicyclic amines) is 1. The van der Waals surface area contributed by atoms with Crippen molar-refractivity contribution < 1.29 is 4.79 Å². The molecule has 2 aliphatic heterocycles. The zero-order chi connectivity index (χ0) is 13.9. The summed E-state index contributed by atoms with van der Waals surface area (Å²) in [6.45, 7) is 1.91. The molecule has 2 atom stereocenters. The van der Waals surface area contributed by atoms with Gasteiger partial charge in [0.1, 0.15) is 0 Å². The number of thioether (sulfide) groups is 1. The zero-order valence-electron chi connectivity index (χ0n) is 11.6. The first-order chi connectivity index (χ1) is 9.78. The second-order valence-electron chi connectivity index (χ2n) is 5.69. The molecule has 4 heteroatoms. The summed E-state index contributed by atoms with van der Waals surface area (Å²) in [7, 11) is 0. The minimum atomic E-state index is 0.107. The molecule has 1 amide bonds. The van der Waals surface area contributed by atoms with E-state index in [4.69, 9.17) is 0 Å². The largest absolute Gasteiger partial charge is 0.341 e. The fraction of sp³-hybridized carbons (Fsp3) is 0.562. The van der Waals surface area contributed by atoms with Crippen molar-refractivity contribution in [3.63, 3.8) is 0 Å². The summed E-state index contributed by atoms with van der Waals surface area (Å²) in [6.07, 6.45) is 4.52. The van der Waals surface area contributed by atoms with E-state index in [-0.39, 0.29) is 5.25 Å². The van der Waals surface area contributed by atoms with Gasteiger partial charge in [0.15, 0.2) is 0 Å². The Balaban J connectivity index is 1.63. The lowest BCUT2D eigenvalue weighted by Gasteiger charge is -2.34. The van der Waals surface area contributed by atoms with Gasteiger partial charge in [0.05, 0.1) is 5.25 Å². The Morgan fingerprint density at radius 3 is 3.05 bits per heavy atom. The highest BCUT2D eigenvalue weighted by atomic mass is 79.9. The molecule has 2 heterocycles. The van der Waals surface area contributed by atoms with Crippen molar-refractivity contribution in [1.82, 2.24) is 4.90 Å². The number of rotatable bonds is 3. The van der Waals surface area contributed by atoms with E-state index in [1.165, 1.54) is 23.3 Å². The Hall–Kier alpha value is -0.480. The minimum absolute atomic E-state index is 0.107. The topological polar surface area (TPSA) is 20.3 Å². The van der Waals surface area contributed by atoms with Crippen LogP contribution in [0.25, 0.3) is 0 Å². The van der Waals surface area contributed by atoms with Gasteiger partial charge in [0, 0.05) is 23.3 Å². The third-order valence-electron chi connectivity index (χ3n) is 4.27. The van der Waals surface area contributed by atoms with Gasteiger partial charge in [-0.1, -0.05) is 34.1 Å². The number of amides is 1. The van der Waals surface area contributed by atoms with Crippen molar-refractivity contribution in [2.75, 3.05) is 18.4 Å². The Labute approximate surface area is 133 Å². The highest BCUT2D eigenvalue weighted by Gasteiger charge is 2.33. The number of benzene rings is 1. The summed E-state index contributed by atoms with van der Waals surface area (Å²) in [5, 5.41) is 1.15. The quantitative estimate of drug-likeness (QED) is 0.771. The highest BCUT2D eigenvalue weighted by Crippen LogP contribution is 2.38. The summed E-state index contributed by atoms with van der Waals surface area (Å²) >= 11 is 5.27. The fourth-order valence-corrected chi connectivity index (χ4v) is 5.11. The predicted molar refractivity (Wildman–Crippen MR) is 87.5 cm³/mol. The SMILES string of the molecule is O=C(C1Cc2ccccc2S1)N1CCCC(CCBr)C1. The monoisotopic (exact) mass is 353 g/mol. The van der Waals surface area contributed by atoms with Crippen LogP contribution in [-0.4, -0.2) is 34.5 Å². The third kappa shape index (κ3) is 3.06. The first-order valence-corrected chi connectivity index (χ1v) is 9.37. The molecule has 2 aliphatic rings. The van der Waals surface area contributed by atoms with E-state index in [1.54, 1.807) is 11.8 Å². The van der Waals surface area contributed by atoms with E-state index in [9.17, 15) is 4.79 Å². The van der Waals surface area contributed by atoms with E-state index in [2.05, 4.69) is 45.1 Å². The molecule has 1 aromatic carbocycles. The van der Waals surface area contributed by atoms with Gasteiger partial charge in [-0.15, -0.1) is 11.8 Å². The molecule has 0 saturated carbocycles. The maximum Gasteiger partial charge on any atom is 0.236 e. The smallest absolute Gasteiger partial charge is 0.236 e. The summed E-state index contributed by atoms with van der Waals surface area (Å²) in [5.41, 5.74) is 1.34. The standard InChI is InChI=1S/C16H20BrNOS/c17-8-7-12-4-3-9-18(11-12)16(19)15-10-13-5-1-2-6-14(13)20-15/h1-2,5-6,12,15H,3-4,7-11H2. The summed E-state index contributed by atoms with van der Waals surface area (Å²) in [6, 6.07) is 8.42. The number of fused-ring (bicyclic) bond motifs is 1. The van der Waals surface area contributed by atoms with Gasteiger partial charge >= 0.3 is 0 Å². The summed E-state index contributed by atoms with van der Waals surface area (Å²) in [4.78, 5) is 16.1. The molecular weight excluding hydrogens is 334 g/mol. The van der Waals surface area contributed by atoms with Gasteiger partial charge in [-0.3, -0.25) is 4.79 Å². The van der Waals surface area contributed by atoms with Crippen LogP contribution in [0.1, 0.15) is 24.8 Å². The van der Waals surface area contributed by atoms with Crippen molar-refractivity contribution in [1.29, 1.82) is 0 Å². The first-order valence-electron chi connectivity index (χ1n) is 7.37. The van der Waals surface area contributed by atoms with Gasteiger partial charge < -0.3 is 4.90 Å². The van der Waals surface area contributed by atoms with Crippen molar-refractivity contribution in [3.8, 4) is 0 Å². The lowest BCUT2D eigenvalue weighted by atomic mass is 9.95.